The van der Waals surface area contributed by atoms with Crippen LogP contribution >= 0.6 is 23.2 Å². The van der Waals surface area contributed by atoms with Crippen LogP contribution in [0.1, 0.15) is 30.0 Å². The zero-order chi connectivity index (χ0) is 24.1. The lowest BCUT2D eigenvalue weighted by Gasteiger charge is -2.24. The molecular formula is C20H19Cl2F3N4O3S. The van der Waals surface area contributed by atoms with Crippen molar-refractivity contribution in [2.24, 2.45) is 0 Å². The topological polar surface area (TPSA) is 84.4 Å². The molecular weight excluding hydrogens is 504 g/mol. The number of likely N-dealkylation sites (tertiary alicyclic amines) is 1. The Morgan fingerprint density at radius 1 is 1.36 bits per heavy atom. The zero-order valence-corrected chi connectivity index (χ0v) is 19.3. The maximum Gasteiger partial charge on any atom is 0.417 e. The number of alkyl halides is 4. The van der Waals surface area contributed by atoms with Gasteiger partial charge in [-0.3, -0.25) is 9.88 Å². The Morgan fingerprint density at radius 3 is 2.82 bits per heavy atom. The summed E-state index contributed by atoms with van der Waals surface area (Å²) < 4.78 is 70.3. The van der Waals surface area contributed by atoms with Crippen LogP contribution in [0.2, 0.25) is 5.02 Å². The Morgan fingerprint density at radius 2 is 2.15 bits per heavy atom. The van der Waals surface area contributed by atoms with E-state index >= 15 is 0 Å². The van der Waals surface area contributed by atoms with E-state index in [9.17, 15) is 21.6 Å². The van der Waals surface area contributed by atoms with Crippen LogP contribution in [-0.2, 0) is 16.2 Å². The molecule has 1 fully saturated rings. The summed E-state index contributed by atoms with van der Waals surface area (Å²) in [5, 5.41) is -0.383. The van der Waals surface area contributed by atoms with Crippen LogP contribution in [0, 0.1) is 11.8 Å². The van der Waals surface area contributed by atoms with Gasteiger partial charge in [-0.05, 0) is 43.0 Å². The summed E-state index contributed by atoms with van der Waals surface area (Å²) in [6.45, 7) is 0.416. The standard InChI is InChI=1S/C20H19Cl2F3N4O3S/c21-16-10-15(20(23,24)25)12-27-19(16)32-18(22)6-2-8-28-33(30,31)13-29-9-3-5-17(29)14-4-1-7-26-11-14/h1,4,7,10-12,17-18,28H,3,5,8-9,13H2. The molecule has 2 atom stereocenters. The third-order valence-corrected chi connectivity index (χ3v) is 6.44. The van der Waals surface area contributed by atoms with E-state index in [1.54, 1.807) is 12.4 Å². The highest BCUT2D eigenvalue weighted by Crippen LogP contribution is 2.33. The van der Waals surface area contributed by atoms with Gasteiger partial charge in [0.2, 0.25) is 21.5 Å². The van der Waals surface area contributed by atoms with E-state index in [0.717, 1.165) is 18.4 Å². The SMILES string of the molecule is O=S(=O)(CN1CCCC1c1cccnc1)NCC#CC(Cl)Oc1ncc(C(F)(F)F)cc1Cl. The minimum Gasteiger partial charge on any atom is -0.445 e. The molecule has 0 radical (unpaired) electrons. The van der Waals surface area contributed by atoms with Crippen LogP contribution in [0.3, 0.4) is 0 Å². The molecule has 1 N–H and O–H groups in total. The fourth-order valence-electron chi connectivity index (χ4n) is 3.27. The van der Waals surface area contributed by atoms with Crippen molar-refractivity contribution in [3.8, 4) is 17.7 Å². The van der Waals surface area contributed by atoms with E-state index in [2.05, 4.69) is 26.5 Å². The maximum atomic E-state index is 12.7. The summed E-state index contributed by atoms with van der Waals surface area (Å²) in [7, 11) is -3.66. The lowest BCUT2D eigenvalue weighted by Crippen LogP contribution is -2.36. The maximum absolute atomic E-state index is 12.7. The van der Waals surface area contributed by atoms with Crippen molar-refractivity contribution in [1.82, 2.24) is 19.6 Å². The normalized spacial score (nSPS) is 17.9. The molecule has 2 aromatic rings. The van der Waals surface area contributed by atoms with Gasteiger partial charge in [-0.1, -0.05) is 35.2 Å². The zero-order valence-electron chi connectivity index (χ0n) is 17.0. The number of aromatic nitrogens is 2. The van der Waals surface area contributed by atoms with Gasteiger partial charge < -0.3 is 4.74 Å². The van der Waals surface area contributed by atoms with Crippen molar-refractivity contribution >= 4 is 33.2 Å². The lowest BCUT2D eigenvalue weighted by atomic mass is 10.1. The van der Waals surface area contributed by atoms with Crippen molar-refractivity contribution < 1.29 is 26.3 Å². The molecule has 2 unspecified atom stereocenters. The van der Waals surface area contributed by atoms with Crippen molar-refractivity contribution in [3.05, 3.63) is 52.9 Å². The summed E-state index contributed by atoms with van der Waals surface area (Å²) in [5.74, 6) is 4.42. The summed E-state index contributed by atoms with van der Waals surface area (Å²) in [4.78, 5) is 9.44. The average Bonchev–Trinajstić information content (AvgIpc) is 3.20. The van der Waals surface area contributed by atoms with Gasteiger partial charge in [0.05, 0.1) is 12.1 Å². The molecule has 178 valence electrons. The molecule has 1 aliphatic heterocycles. The molecule has 1 saturated heterocycles. The van der Waals surface area contributed by atoms with E-state index in [0.29, 0.717) is 18.8 Å². The number of rotatable bonds is 7. The quantitative estimate of drug-likeness (QED) is 0.439. The Kier molecular flexibility index (Phi) is 8.42. The van der Waals surface area contributed by atoms with Gasteiger partial charge in [-0.2, -0.15) is 13.2 Å². The Balaban J connectivity index is 1.51. The first kappa shape index (κ1) is 25.5. The van der Waals surface area contributed by atoms with Gasteiger partial charge in [0, 0.05) is 24.6 Å². The number of hydrogen-bond donors (Lipinski definition) is 1. The molecule has 0 bridgehead atoms. The molecule has 33 heavy (non-hydrogen) atoms. The number of nitrogens with zero attached hydrogens (tertiary/aromatic N) is 3. The van der Waals surface area contributed by atoms with Gasteiger partial charge in [0.15, 0.2) is 0 Å². The summed E-state index contributed by atoms with van der Waals surface area (Å²) >= 11 is 11.6. The van der Waals surface area contributed by atoms with E-state index in [4.69, 9.17) is 27.9 Å². The molecule has 3 rings (SSSR count). The average molecular weight is 523 g/mol. The first-order valence-corrected chi connectivity index (χ1v) is 12.1. The number of halogens is 5. The van der Waals surface area contributed by atoms with E-state index in [-0.39, 0.29) is 29.4 Å². The lowest BCUT2D eigenvalue weighted by molar-refractivity contribution is -0.137. The molecule has 2 aromatic heterocycles. The number of nitrogens with one attached hydrogen (secondary N) is 1. The van der Waals surface area contributed by atoms with Crippen LogP contribution in [0.15, 0.2) is 36.8 Å². The van der Waals surface area contributed by atoms with Gasteiger partial charge in [0.25, 0.3) is 0 Å². The fraction of sp³-hybridized carbons (Fsp3) is 0.400. The molecule has 0 saturated carbocycles. The second kappa shape index (κ2) is 10.9. The number of ether oxygens (including phenoxy) is 1. The summed E-state index contributed by atoms with van der Waals surface area (Å²) in [6, 6.07) is 4.36. The summed E-state index contributed by atoms with van der Waals surface area (Å²) in [6.07, 6.45) is 1.07. The van der Waals surface area contributed by atoms with E-state index in [1.165, 1.54) is 0 Å². The van der Waals surface area contributed by atoms with E-state index < -0.39 is 27.3 Å². The van der Waals surface area contributed by atoms with Gasteiger partial charge >= 0.3 is 6.18 Å². The van der Waals surface area contributed by atoms with Gasteiger partial charge in [-0.15, -0.1) is 0 Å². The predicted molar refractivity (Wildman–Crippen MR) is 117 cm³/mol. The Bertz CT molecular complexity index is 1120. The van der Waals surface area contributed by atoms with Gasteiger partial charge in [0.1, 0.15) is 10.9 Å². The molecule has 3 heterocycles. The summed E-state index contributed by atoms with van der Waals surface area (Å²) in [5.41, 5.74) is -1.37. The minimum atomic E-state index is -4.60. The van der Waals surface area contributed by atoms with Crippen LogP contribution < -0.4 is 9.46 Å². The Hall–Kier alpha value is -2.10. The van der Waals surface area contributed by atoms with Crippen molar-refractivity contribution in [2.75, 3.05) is 19.0 Å². The molecule has 1 aliphatic rings. The minimum absolute atomic E-state index is 0.0250. The highest BCUT2D eigenvalue weighted by atomic mass is 35.5. The largest absolute Gasteiger partial charge is 0.445 e. The number of hydrogen-bond acceptors (Lipinski definition) is 6. The van der Waals surface area contributed by atoms with Crippen LogP contribution in [0.5, 0.6) is 5.88 Å². The third kappa shape index (κ3) is 7.45. The number of sulfonamides is 1. The molecule has 13 heteroatoms. The third-order valence-electron chi connectivity index (χ3n) is 4.71. The fourth-order valence-corrected chi connectivity index (χ4v) is 4.77. The van der Waals surface area contributed by atoms with Crippen molar-refractivity contribution in [2.45, 2.75) is 30.6 Å². The second-order valence-electron chi connectivity index (χ2n) is 7.09. The molecule has 0 aromatic carbocycles. The first-order valence-electron chi connectivity index (χ1n) is 9.68. The van der Waals surface area contributed by atoms with Gasteiger partial charge in [-0.25, -0.2) is 18.1 Å². The molecule has 0 amide bonds. The monoisotopic (exact) mass is 522 g/mol. The molecule has 7 nitrogen and oxygen atoms in total. The highest BCUT2D eigenvalue weighted by molar-refractivity contribution is 7.89. The van der Waals surface area contributed by atoms with Crippen LogP contribution in [0.4, 0.5) is 13.2 Å². The Labute approximate surface area is 199 Å². The van der Waals surface area contributed by atoms with Crippen LogP contribution in [0.25, 0.3) is 0 Å². The highest BCUT2D eigenvalue weighted by Gasteiger charge is 2.32. The van der Waals surface area contributed by atoms with E-state index in [1.807, 2.05) is 17.0 Å². The second-order valence-corrected chi connectivity index (χ2v) is 9.67. The first-order chi connectivity index (χ1) is 15.5. The molecule has 0 aliphatic carbocycles. The van der Waals surface area contributed by atoms with Crippen molar-refractivity contribution in [3.63, 3.8) is 0 Å². The predicted octanol–water partition coefficient (Wildman–Crippen LogP) is 3.81. The van der Waals surface area contributed by atoms with Crippen LogP contribution in [-0.4, -0.2) is 47.8 Å². The molecule has 0 spiro atoms. The smallest absolute Gasteiger partial charge is 0.417 e. The number of pyridine rings is 2. The van der Waals surface area contributed by atoms with Crippen molar-refractivity contribution in [1.29, 1.82) is 0 Å².